The molecule has 23 heavy (non-hydrogen) atoms. The Morgan fingerprint density at radius 3 is 1.48 bits per heavy atom. The van der Waals surface area contributed by atoms with Crippen LogP contribution in [0.2, 0.25) is 0 Å². The molecule has 6 nitrogen and oxygen atoms in total. The summed E-state index contributed by atoms with van der Waals surface area (Å²) >= 11 is 0. The van der Waals surface area contributed by atoms with E-state index in [1.165, 1.54) is 38.5 Å². The van der Waals surface area contributed by atoms with Gasteiger partial charge in [0.15, 0.2) is 0 Å². The molecule has 2 aromatic carbocycles. The maximum absolute atomic E-state index is 11.0. The number of aromatic hydroxyl groups is 1. The molecule has 0 radical (unpaired) electrons. The van der Waals surface area contributed by atoms with E-state index in [4.69, 9.17) is 9.84 Å². The van der Waals surface area contributed by atoms with Gasteiger partial charge in [-0.15, -0.1) is 0 Å². The summed E-state index contributed by atoms with van der Waals surface area (Å²) in [6, 6.07) is 12.6. The number of rotatable bonds is 3. The van der Waals surface area contributed by atoms with Crippen LogP contribution in [-0.2, 0) is 9.47 Å². The number of phenolic OH excluding ortho intramolecular Hbond substituents is 1. The molecule has 0 aliphatic carbocycles. The van der Waals surface area contributed by atoms with Gasteiger partial charge in [-0.3, -0.25) is 0 Å². The predicted molar refractivity (Wildman–Crippen MR) is 83.8 cm³/mol. The second-order valence-electron chi connectivity index (χ2n) is 4.26. The summed E-state index contributed by atoms with van der Waals surface area (Å²) in [6.07, 6.45) is 0. The smallest absolute Gasteiger partial charge is 0.337 e. The number of carbonyl (C=O) groups excluding carboxylic acids is 2. The van der Waals surface area contributed by atoms with Gasteiger partial charge in [-0.25, -0.2) is 9.59 Å². The van der Waals surface area contributed by atoms with Gasteiger partial charge < -0.3 is 19.3 Å². The van der Waals surface area contributed by atoms with E-state index >= 15 is 0 Å². The third-order valence-electron chi connectivity index (χ3n) is 2.80. The number of esters is 2. The van der Waals surface area contributed by atoms with Gasteiger partial charge in [-0.05, 0) is 48.5 Å². The van der Waals surface area contributed by atoms with Crippen molar-refractivity contribution in [3.8, 4) is 11.5 Å². The van der Waals surface area contributed by atoms with E-state index < -0.39 is 5.97 Å². The Balaban J connectivity index is 0.000000231. The van der Waals surface area contributed by atoms with E-state index in [0.29, 0.717) is 11.1 Å². The molecule has 122 valence electrons. The average molecular weight is 318 g/mol. The average Bonchev–Trinajstić information content (AvgIpc) is 2.61. The van der Waals surface area contributed by atoms with Gasteiger partial charge in [0, 0.05) is 0 Å². The fraction of sp³-hybridized carbons (Fsp3) is 0.176. The van der Waals surface area contributed by atoms with Crippen molar-refractivity contribution >= 4 is 11.9 Å². The van der Waals surface area contributed by atoms with Crippen LogP contribution in [0.4, 0.5) is 0 Å². The molecule has 0 saturated carbocycles. The topological polar surface area (TPSA) is 82.1 Å². The van der Waals surface area contributed by atoms with Gasteiger partial charge in [-0.2, -0.15) is 0 Å². The summed E-state index contributed by atoms with van der Waals surface area (Å²) in [7, 11) is 4.24. The molecule has 0 atom stereocenters. The molecule has 0 amide bonds. The lowest BCUT2D eigenvalue weighted by molar-refractivity contribution is 0.0592. The van der Waals surface area contributed by atoms with Crippen LogP contribution in [0.5, 0.6) is 11.5 Å². The van der Waals surface area contributed by atoms with Crippen LogP contribution in [0.1, 0.15) is 20.7 Å². The van der Waals surface area contributed by atoms with E-state index in [2.05, 4.69) is 9.47 Å². The van der Waals surface area contributed by atoms with Gasteiger partial charge in [0.1, 0.15) is 11.5 Å². The molecule has 6 heteroatoms. The predicted octanol–water partition coefficient (Wildman–Crippen LogP) is 2.66. The molecule has 0 aromatic heterocycles. The lowest BCUT2D eigenvalue weighted by Crippen LogP contribution is -2.00. The van der Waals surface area contributed by atoms with Gasteiger partial charge in [0.05, 0.1) is 32.5 Å². The van der Waals surface area contributed by atoms with Crippen LogP contribution in [0.25, 0.3) is 0 Å². The molecule has 0 saturated heterocycles. The van der Waals surface area contributed by atoms with Gasteiger partial charge in [-0.1, -0.05) is 0 Å². The number of benzene rings is 2. The fourth-order valence-electron chi connectivity index (χ4n) is 1.56. The van der Waals surface area contributed by atoms with Gasteiger partial charge in [0.2, 0.25) is 0 Å². The molecule has 0 spiro atoms. The number of ether oxygens (including phenoxy) is 3. The van der Waals surface area contributed by atoms with Crippen molar-refractivity contribution in [1.82, 2.24) is 0 Å². The minimum absolute atomic E-state index is 0.137. The summed E-state index contributed by atoms with van der Waals surface area (Å²) in [5.74, 6) is 0.128. The molecule has 0 aliphatic heterocycles. The number of phenols is 1. The summed E-state index contributed by atoms with van der Waals surface area (Å²) in [5, 5.41) is 8.86. The van der Waals surface area contributed by atoms with Crippen molar-refractivity contribution in [3.63, 3.8) is 0 Å². The second kappa shape index (κ2) is 9.09. The lowest BCUT2D eigenvalue weighted by Gasteiger charge is -2.00. The van der Waals surface area contributed by atoms with Crippen molar-refractivity contribution in [2.24, 2.45) is 0 Å². The van der Waals surface area contributed by atoms with Crippen molar-refractivity contribution < 1.29 is 28.9 Å². The minimum Gasteiger partial charge on any atom is -0.508 e. The monoisotopic (exact) mass is 318 g/mol. The Bertz CT molecular complexity index is 631. The van der Waals surface area contributed by atoms with Crippen LogP contribution in [0.3, 0.4) is 0 Å². The molecule has 0 bridgehead atoms. The molecule has 2 rings (SSSR count). The summed E-state index contributed by atoms with van der Waals surface area (Å²) < 4.78 is 13.9. The van der Waals surface area contributed by atoms with Crippen LogP contribution in [-0.4, -0.2) is 38.4 Å². The fourth-order valence-corrected chi connectivity index (χ4v) is 1.56. The van der Waals surface area contributed by atoms with Crippen LogP contribution in [0, 0.1) is 0 Å². The molecule has 1 N–H and O–H groups in total. The lowest BCUT2D eigenvalue weighted by atomic mass is 10.2. The molecular weight excluding hydrogens is 300 g/mol. The molecule has 0 unspecified atom stereocenters. The molecule has 0 aliphatic rings. The van der Waals surface area contributed by atoms with Gasteiger partial charge in [0.25, 0.3) is 0 Å². The largest absolute Gasteiger partial charge is 0.508 e. The molecular formula is C17H18O6. The quantitative estimate of drug-likeness (QED) is 0.876. The molecule has 2 aromatic rings. The highest BCUT2D eigenvalue weighted by atomic mass is 16.5. The van der Waals surface area contributed by atoms with E-state index in [1.807, 2.05) is 0 Å². The Labute approximate surface area is 134 Å². The van der Waals surface area contributed by atoms with E-state index in [9.17, 15) is 9.59 Å². The SMILES string of the molecule is COC(=O)c1ccc(O)cc1.COC(=O)c1ccc(OC)cc1. The highest BCUT2D eigenvalue weighted by molar-refractivity contribution is 5.89. The third kappa shape index (κ3) is 5.70. The van der Waals surface area contributed by atoms with Gasteiger partial charge >= 0.3 is 11.9 Å². The standard InChI is InChI=1S/C9H10O3.C8H8O3/c1-11-8-5-3-7(4-6-8)9(10)12-2;1-11-8(10)6-2-4-7(9)5-3-6/h3-6H,1-2H3;2-5,9H,1H3. The first-order valence-corrected chi connectivity index (χ1v) is 6.61. The highest BCUT2D eigenvalue weighted by Crippen LogP contribution is 2.11. The van der Waals surface area contributed by atoms with Crippen molar-refractivity contribution in [1.29, 1.82) is 0 Å². The zero-order valence-corrected chi connectivity index (χ0v) is 13.1. The van der Waals surface area contributed by atoms with Crippen molar-refractivity contribution in [3.05, 3.63) is 59.7 Å². The Kier molecular flexibility index (Phi) is 7.13. The normalized spacial score (nSPS) is 9.17. The number of hydrogen-bond acceptors (Lipinski definition) is 6. The zero-order valence-electron chi connectivity index (χ0n) is 13.1. The van der Waals surface area contributed by atoms with Crippen molar-refractivity contribution in [2.45, 2.75) is 0 Å². The minimum atomic E-state index is -0.398. The number of carbonyl (C=O) groups is 2. The summed E-state index contributed by atoms with van der Waals surface area (Å²) in [5.41, 5.74) is 0.962. The highest BCUT2D eigenvalue weighted by Gasteiger charge is 2.03. The first-order chi connectivity index (χ1) is 11.0. The van der Waals surface area contributed by atoms with E-state index in [1.54, 1.807) is 31.4 Å². The zero-order chi connectivity index (χ0) is 17.2. The number of hydrogen-bond donors (Lipinski definition) is 1. The maximum atomic E-state index is 11.0. The van der Waals surface area contributed by atoms with Crippen LogP contribution in [0.15, 0.2) is 48.5 Å². The Morgan fingerprint density at radius 2 is 1.13 bits per heavy atom. The second-order valence-corrected chi connectivity index (χ2v) is 4.26. The first-order valence-electron chi connectivity index (χ1n) is 6.61. The molecule has 0 fully saturated rings. The molecule has 0 heterocycles. The van der Waals surface area contributed by atoms with Crippen LogP contribution < -0.4 is 4.74 Å². The number of methoxy groups -OCH3 is 3. The van der Waals surface area contributed by atoms with Crippen molar-refractivity contribution in [2.75, 3.05) is 21.3 Å². The maximum Gasteiger partial charge on any atom is 0.337 e. The Morgan fingerprint density at radius 1 is 0.739 bits per heavy atom. The first kappa shape index (κ1) is 18.0. The van der Waals surface area contributed by atoms with Crippen LogP contribution >= 0.6 is 0 Å². The summed E-state index contributed by atoms with van der Waals surface area (Å²) in [4.78, 5) is 21.8. The van der Waals surface area contributed by atoms with E-state index in [-0.39, 0.29) is 11.7 Å². The third-order valence-corrected chi connectivity index (χ3v) is 2.80. The summed E-state index contributed by atoms with van der Waals surface area (Å²) in [6.45, 7) is 0. The van der Waals surface area contributed by atoms with E-state index in [0.717, 1.165) is 5.75 Å². The Hall–Kier alpha value is -3.02.